The first-order chi connectivity index (χ1) is 14.8. The molecule has 156 valence electrons. The molecule has 1 aromatic carbocycles. The average molecular weight is 405 g/mol. The Morgan fingerprint density at radius 2 is 2.00 bits per heavy atom. The highest BCUT2D eigenvalue weighted by Crippen LogP contribution is 2.25. The third kappa shape index (κ3) is 5.30. The maximum absolute atomic E-state index is 11.9. The molecule has 0 radical (unpaired) electrons. The van der Waals surface area contributed by atoms with E-state index in [1.54, 1.807) is 24.5 Å². The van der Waals surface area contributed by atoms with Crippen LogP contribution in [-0.2, 0) is 4.79 Å². The molecule has 1 saturated heterocycles. The van der Waals surface area contributed by atoms with Crippen LogP contribution in [0.25, 0.3) is 17.1 Å². The second-order valence-corrected chi connectivity index (χ2v) is 7.71. The molecule has 1 N–H and O–H groups in total. The molecule has 0 spiro atoms. The van der Waals surface area contributed by atoms with Crippen LogP contribution >= 0.6 is 0 Å². The van der Waals surface area contributed by atoms with Crippen molar-refractivity contribution in [2.45, 2.75) is 31.7 Å². The minimum absolute atomic E-state index is 0.0558. The summed E-state index contributed by atoms with van der Waals surface area (Å²) in [5.74, 6) is -0.0558. The molecule has 0 bridgehead atoms. The molecule has 2 aromatic heterocycles. The van der Waals surface area contributed by atoms with Crippen LogP contribution in [0.2, 0.25) is 0 Å². The van der Waals surface area contributed by atoms with Crippen molar-refractivity contribution in [2.24, 2.45) is 0 Å². The molecule has 4 rings (SSSR count). The standard InChI is InChI=1S/C23H28N6O/c30-23(10-9-19-6-5-13-24-18-19)25-14-3-4-15-28-16-11-20(12-17-28)29-22-8-2-1-7-21(22)26-27-29/h1-2,5-10,13,18,20H,3-4,11-12,14-17H2,(H,25,30)/b10-9-. The molecule has 3 heterocycles. The van der Waals surface area contributed by atoms with Crippen LogP contribution < -0.4 is 5.32 Å². The Kier molecular flexibility index (Phi) is 6.82. The number of hydrogen-bond donors (Lipinski definition) is 1. The summed E-state index contributed by atoms with van der Waals surface area (Å²) in [6, 6.07) is 12.4. The molecular weight excluding hydrogens is 376 g/mol. The molecule has 1 amide bonds. The van der Waals surface area contributed by atoms with E-state index in [4.69, 9.17) is 0 Å². The monoisotopic (exact) mass is 404 g/mol. The molecule has 7 heteroatoms. The number of unbranched alkanes of at least 4 members (excludes halogenated alkanes) is 1. The Balaban J connectivity index is 1.12. The van der Waals surface area contributed by atoms with Crippen molar-refractivity contribution in [3.05, 3.63) is 60.4 Å². The van der Waals surface area contributed by atoms with E-state index in [-0.39, 0.29) is 5.91 Å². The number of nitrogens with one attached hydrogen (secondary N) is 1. The summed E-state index contributed by atoms with van der Waals surface area (Å²) in [6.07, 6.45) is 11.1. The number of likely N-dealkylation sites (tertiary alicyclic amines) is 1. The first-order valence-electron chi connectivity index (χ1n) is 10.7. The number of carbonyl (C=O) groups excluding carboxylic acids is 1. The third-order valence-electron chi connectivity index (χ3n) is 5.59. The minimum Gasteiger partial charge on any atom is -0.353 e. The lowest BCUT2D eigenvalue weighted by Crippen LogP contribution is -2.35. The lowest BCUT2D eigenvalue weighted by atomic mass is 10.0. The molecular formula is C23H28N6O. The van der Waals surface area contributed by atoms with Crippen molar-refractivity contribution in [3.63, 3.8) is 0 Å². The maximum Gasteiger partial charge on any atom is 0.243 e. The van der Waals surface area contributed by atoms with Gasteiger partial charge in [-0.3, -0.25) is 9.78 Å². The highest BCUT2D eigenvalue weighted by Gasteiger charge is 2.22. The van der Waals surface area contributed by atoms with Crippen LogP contribution in [-0.4, -0.2) is 57.0 Å². The molecule has 0 atom stereocenters. The number of benzene rings is 1. The number of pyridine rings is 1. The van der Waals surface area contributed by atoms with Crippen molar-refractivity contribution >= 4 is 23.0 Å². The van der Waals surface area contributed by atoms with E-state index in [2.05, 4.69) is 36.3 Å². The number of fused-ring (bicyclic) bond motifs is 1. The quantitative estimate of drug-likeness (QED) is 0.461. The van der Waals surface area contributed by atoms with Gasteiger partial charge in [0.05, 0.1) is 11.6 Å². The second kappa shape index (κ2) is 10.1. The zero-order valence-corrected chi connectivity index (χ0v) is 17.2. The Bertz CT molecular complexity index is 976. The summed E-state index contributed by atoms with van der Waals surface area (Å²) in [5.41, 5.74) is 3.02. The normalized spacial score (nSPS) is 15.7. The molecule has 3 aromatic rings. The predicted octanol–water partition coefficient (Wildman–Crippen LogP) is 3.07. The Morgan fingerprint density at radius 1 is 1.13 bits per heavy atom. The Labute approximate surface area is 176 Å². The van der Waals surface area contributed by atoms with E-state index >= 15 is 0 Å². The van der Waals surface area contributed by atoms with Crippen molar-refractivity contribution in [1.29, 1.82) is 0 Å². The molecule has 7 nitrogen and oxygen atoms in total. The van der Waals surface area contributed by atoms with Gasteiger partial charge in [-0.05, 0) is 62.1 Å². The summed E-state index contributed by atoms with van der Waals surface area (Å²) < 4.78 is 2.10. The Hall–Kier alpha value is -3.06. The number of amides is 1. The van der Waals surface area contributed by atoms with Gasteiger partial charge in [-0.1, -0.05) is 23.4 Å². The van der Waals surface area contributed by atoms with Gasteiger partial charge in [0.15, 0.2) is 0 Å². The summed E-state index contributed by atoms with van der Waals surface area (Å²) in [6.45, 7) is 3.95. The van der Waals surface area contributed by atoms with Gasteiger partial charge in [0.2, 0.25) is 5.91 Å². The van der Waals surface area contributed by atoms with E-state index < -0.39 is 0 Å². The van der Waals surface area contributed by atoms with Gasteiger partial charge >= 0.3 is 0 Å². The van der Waals surface area contributed by atoms with E-state index in [0.29, 0.717) is 12.6 Å². The smallest absolute Gasteiger partial charge is 0.243 e. The van der Waals surface area contributed by atoms with E-state index in [1.165, 1.54) is 0 Å². The molecule has 0 saturated carbocycles. The number of aromatic nitrogens is 4. The highest BCUT2D eigenvalue weighted by atomic mass is 16.1. The highest BCUT2D eigenvalue weighted by molar-refractivity contribution is 5.91. The SMILES string of the molecule is O=C(/C=C\c1cccnc1)NCCCCN1CCC(n2nnc3ccccc32)CC1. The summed E-state index contributed by atoms with van der Waals surface area (Å²) >= 11 is 0. The number of para-hydroxylation sites is 1. The van der Waals surface area contributed by atoms with Gasteiger partial charge in [0, 0.05) is 38.1 Å². The summed E-state index contributed by atoms with van der Waals surface area (Å²) in [4.78, 5) is 18.4. The number of hydrogen-bond acceptors (Lipinski definition) is 5. The number of nitrogens with zero attached hydrogens (tertiary/aromatic N) is 5. The van der Waals surface area contributed by atoms with E-state index in [9.17, 15) is 4.79 Å². The van der Waals surface area contributed by atoms with Crippen LogP contribution in [0.4, 0.5) is 0 Å². The van der Waals surface area contributed by atoms with Crippen LogP contribution in [0.15, 0.2) is 54.9 Å². The largest absolute Gasteiger partial charge is 0.353 e. The lowest BCUT2D eigenvalue weighted by Gasteiger charge is -2.32. The second-order valence-electron chi connectivity index (χ2n) is 7.71. The number of rotatable bonds is 8. The first-order valence-corrected chi connectivity index (χ1v) is 10.7. The molecule has 0 unspecified atom stereocenters. The van der Waals surface area contributed by atoms with Gasteiger partial charge in [-0.25, -0.2) is 4.68 Å². The topological polar surface area (TPSA) is 75.9 Å². The fourth-order valence-electron chi connectivity index (χ4n) is 3.92. The average Bonchev–Trinajstić information content (AvgIpc) is 3.23. The molecule has 1 fully saturated rings. The molecule has 30 heavy (non-hydrogen) atoms. The zero-order valence-electron chi connectivity index (χ0n) is 17.2. The van der Waals surface area contributed by atoms with Crippen LogP contribution in [0, 0.1) is 0 Å². The lowest BCUT2D eigenvalue weighted by molar-refractivity contribution is -0.116. The predicted molar refractivity (Wildman–Crippen MR) is 118 cm³/mol. The number of carbonyl (C=O) groups is 1. The summed E-state index contributed by atoms with van der Waals surface area (Å²) in [5, 5.41) is 11.6. The Morgan fingerprint density at radius 3 is 2.83 bits per heavy atom. The summed E-state index contributed by atoms with van der Waals surface area (Å²) in [7, 11) is 0. The van der Waals surface area contributed by atoms with Gasteiger partial charge in [-0.15, -0.1) is 5.10 Å². The van der Waals surface area contributed by atoms with Crippen LogP contribution in [0.3, 0.4) is 0 Å². The third-order valence-corrected chi connectivity index (χ3v) is 5.59. The van der Waals surface area contributed by atoms with Gasteiger partial charge in [0.25, 0.3) is 0 Å². The zero-order chi connectivity index (χ0) is 20.6. The molecule has 0 aliphatic carbocycles. The van der Waals surface area contributed by atoms with E-state index in [0.717, 1.165) is 61.9 Å². The fourth-order valence-corrected chi connectivity index (χ4v) is 3.92. The van der Waals surface area contributed by atoms with Crippen molar-refractivity contribution in [3.8, 4) is 0 Å². The van der Waals surface area contributed by atoms with Gasteiger partial charge in [-0.2, -0.15) is 0 Å². The molecule has 1 aliphatic heterocycles. The van der Waals surface area contributed by atoms with Gasteiger partial charge in [0.1, 0.15) is 5.52 Å². The maximum atomic E-state index is 11.9. The van der Waals surface area contributed by atoms with Gasteiger partial charge < -0.3 is 10.2 Å². The van der Waals surface area contributed by atoms with Crippen LogP contribution in [0.5, 0.6) is 0 Å². The minimum atomic E-state index is -0.0558. The fraction of sp³-hybridized carbons (Fsp3) is 0.391. The van der Waals surface area contributed by atoms with Crippen molar-refractivity contribution in [1.82, 2.24) is 30.2 Å². The number of piperidine rings is 1. The van der Waals surface area contributed by atoms with Crippen molar-refractivity contribution < 1.29 is 4.79 Å². The van der Waals surface area contributed by atoms with Crippen LogP contribution in [0.1, 0.15) is 37.3 Å². The molecule has 1 aliphatic rings. The first kappa shape index (κ1) is 20.2. The van der Waals surface area contributed by atoms with Crippen molar-refractivity contribution in [2.75, 3.05) is 26.2 Å². The van der Waals surface area contributed by atoms with E-state index in [1.807, 2.05) is 30.3 Å².